The summed E-state index contributed by atoms with van der Waals surface area (Å²) in [6.07, 6.45) is -0.439. The highest BCUT2D eigenvalue weighted by Crippen LogP contribution is 2.39. The van der Waals surface area contributed by atoms with E-state index in [1.54, 1.807) is 0 Å². The van der Waals surface area contributed by atoms with E-state index in [0.717, 1.165) is 32.2 Å². The molecule has 1 atom stereocenters. The second-order valence-electron chi connectivity index (χ2n) is 8.53. The molecule has 1 saturated heterocycles. The van der Waals surface area contributed by atoms with Gasteiger partial charge in [-0.1, -0.05) is 6.92 Å². The first-order valence-electron chi connectivity index (χ1n) is 9.97. The Morgan fingerprint density at radius 2 is 1.93 bits per heavy atom. The lowest BCUT2D eigenvalue weighted by molar-refractivity contribution is -0.148. The van der Waals surface area contributed by atoms with Gasteiger partial charge in [0, 0.05) is 38.6 Å². The summed E-state index contributed by atoms with van der Waals surface area (Å²) >= 11 is 0. The Hall–Kier alpha value is -1.68. The topological polar surface area (TPSA) is 80.3 Å². The number of rotatable bonds is 3. The summed E-state index contributed by atoms with van der Waals surface area (Å²) in [5.74, 6) is 0.0273. The van der Waals surface area contributed by atoms with Crippen molar-refractivity contribution in [2.24, 2.45) is 11.7 Å². The Bertz CT molecular complexity index is 740. The van der Waals surface area contributed by atoms with Crippen molar-refractivity contribution in [1.82, 2.24) is 24.6 Å². The first kappa shape index (κ1) is 19.6. The monoisotopic (exact) mass is 400 g/mol. The Labute approximate surface area is 162 Å². The molecular weight excluding hydrogens is 373 g/mol. The van der Waals surface area contributed by atoms with E-state index in [-0.39, 0.29) is 24.0 Å². The Kier molecular flexibility index (Phi) is 4.89. The summed E-state index contributed by atoms with van der Waals surface area (Å²) in [5.41, 5.74) is 5.85. The van der Waals surface area contributed by atoms with Gasteiger partial charge in [-0.25, -0.2) is 0 Å². The molecule has 1 aromatic rings. The summed E-state index contributed by atoms with van der Waals surface area (Å²) in [4.78, 5) is 16.6. The third kappa shape index (κ3) is 3.30. The summed E-state index contributed by atoms with van der Waals surface area (Å²) in [6.45, 7) is 4.50. The molecule has 1 aliphatic carbocycles. The minimum absolute atomic E-state index is 0.196. The first-order valence-corrected chi connectivity index (χ1v) is 9.97. The molecule has 1 unspecified atom stereocenters. The fourth-order valence-corrected chi connectivity index (χ4v) is 5.13. The van der Waals surface area contributed by atoms with E-state index in [2.05, 4.69) is 22.0 Å². The van der Waals surface area contributed by atoms with Crippen LogP contribution in [0.4, 0.5) is 13.2 Å². The van der Waals surface area contributed by atoms with Gasteiger partial charge in [0.1, 0.15) is 5.82 Å². The third-order valence-electron chi connectivity index (χ3n) is 6.71. The van der Waals surface area contributed by atoms with E-state index >= 15 is 0 Å². The van der Waals surface area contributed by atoms with Crippen molar-refractivity contribution in [3.05, 3.63) is 11.6 Å². The number of nitrogens with zero attached hydrogens (tertiary/aromatic N) is 5. The highest BCUT2D eigenvalue weighted by molar-refractivity contribution is 5.79. The second-order valence-corrected chi connectivity index (χ2v) is 8.53. The molecule has 156 valence electrons. The molecule has 4 rings (SSSR count). The maximum Gasteiger partial charge on any atom is 0.451 e. The maximum absolute atomic E-state index is 13.0. The number of aromatic nitrogens is 3. The summed E-state index contributed by atoms with van der Waals surface area (Å²) < 4.78 is 40.2. The molecule has 0 radical (unpaired) electrons. The fraction of sp³-hybridized carbons (Fsp3) is 0.833. The number of alkyl halides is 3. The van der Waals surface area contributed by atoms with Gasteiger partial charge >= 0.3 is 6.18 Å². The SMILES string of the molecule is CC1CC(=O)N([C@]2(CN)CC[C@@H](N3CCn4c(nnc4C(F)(F)F)C3)CC2)C1. The van der Waals surface area contributed by atoms with Gasteiger partial charge in [0.05, 0.1) is 12.1 Å². The molecule has 10 heteroatoms. The molecule has 1 saturated carbocycles. The van der Waals surface area contributed by atoms with Gasteiger partial charge in [-0.2, -0.15) is 13.2 Å². The molecule has 28 heavy (non-hydrogen) atoms. The van der Waals surface area contributed by atoms with Crippen LogP contribution in [0.3, 0.4) is 0 Å². The van der Waals surface area contributed by atoms with E-state index < -0.39 is 12.0 Å². The molecule has 7 nitrogen and oxygen atoms in total. The number of carbonyl (C=O) groups excluding carboxylic acids is 1. The molecule has 3 heterocycles. The first-order chi connectivity index (χ1) is 13.2. The van der Waals surface area contributed by atoms with Crippen LogP contribution in [0, 0.1) is 5.92 Å². The number of carbonyl (C=O) groups is 1. The number of hydrogen-bond donors (Lipinski definition) is 1. The lowest BCUT2D eigenvalue weighted by Gasteiger charge is -2.48. The fourth-order valence-electron chi connectivity index (χ4n) is 5.13. The molecule has 0 bridgehead atoms. The second kappa shape index (κ2) is 6.98. The number of nitrogens with two attached hydrogens (primary N) is 1. The number of halogens is 3. The Morgan fingerprint density at radius 1 is 1.21 bits per heavy atom. The predicted molar refractivity (Wildman–Crippen MR) is 95.0 cm³/mol. The van der Waals surface area contributed by atoms with E-state index in [1.807, 2.05) is 4.90 Å². The van der Waals surface area contributed by atoms with Gasteiger partial charge < -0.3 is 15.2 Å². The van der Waals surface area contributed by atoms with Crippen molar-refractivity contribution < 1.29 is 18.0 Å². The maximum atomic E-state index is 13.0. The quantitative estimate of drug-likeness (QED) is 0.834. The third-order valence-corrected chi connectivity index (χ3v) is 6.71. The van der Waals surface area contributed by atoms with E-state index in [1.165, 1.54) is 4.57 Å². The highest BCUT2D eigenvalue weighted by atomic mass is 19.4. The lowest BCUT2D eigenvalue weighted by atomic mass is 9.77. The average molecular weight is 400 g/mol. The minimum Gasteiger partial charge on any atom is -0.335 e. The molecule has 0 aromatic carbocycles. The zero-order valence-electron chi connectivity index (χ0n) is 16.1. The molecule has 2 N–H and O–H groups in total. The molecule has 1 amide bonds. The van der Waals surface area contributed by atoms with Crippen molar-refractivity contribution in [1.29, 1.82) is 0 Å². The van der Waals surface area contributed by atoms with Crippen LogP contribution in [-0.4, -0.2) is 61.7 Å². The van der Waals surface area contributed by atoms with Crippen LogP contribution in [0.5, 0.6) is 0 Å². The van der Waals surface area contributed by atoms with E-state index in [9.17, 15) is 18.0 Å². The average Bonchev–Trinajstić information content (AvgIpc) is 3.24. The molecule has 2 fully saturated rings. The molecule has 0 spiro atoms. The Morgan fingerprint density at radius 3 is 2.50 bits per heavy atom. The zero-order valence-corrected chi connectivity index (χ0v) is 16.1. The minimum atomic E-state index is -4.47. The number of hydrogen-bond acceptors (Lipinski definition) is 5. The molecule has 3 aliphatic rings. The number of likely N-dealkylation sites (tertiary alicyclic amines) is 1. The van der Waals surface area contributed by atoms with Gasteiger partial charge in [-0.3, -0.25) is 9.69 Å². The number of fused-ring (bicyclic) bond motifs is 1. The van der Waals surface area contributed by atoms with Gasteiger partial charge in [0.15, 0.2) is 0 Å². The number of amides is 1. The van der Waals surface area contributed by atoms with Crippen molar-refractivity contribution in [3.63, 3.8) is 0 Å². The largest absolute Gasteiger partial charge is 0.451 e. The van der Waals surface area contributed by atoms with Crippen LogP contribution < -0.4 is 5.73 Å². The zero-order chi connectivity index (χ0) is 20.1. The normalized spacial score (nSPS) is 32.0. The van der Waals surface area contributed by atoms with Gasteiger partial charge in [0.2, 0.25) is 11.7 Å². The van der Waals surface area contributed by atoms with Crippen molar-refractivity contribution in [3.8, 4) is 0 Å². The van der Waals surface area contributed by atoms with Crippen LogP contribution in [0.25, 0.3) is 0 Å². The molecule has 1 aromatic heterocycles. The lowest BCUT2D eigenvalue weighted by Crippen LogP contribution is -2.58. The summed E-state index contributed by atoms with van der Waals surface area (Å²) in [6, 6.07) is 0.273. The molecular formula is C18H27F3N6O. The van der Waals surface area contributed by atoms with Crippen molar-refractivity contribution in [2.45, 2.75) is 69.9 Å². The summed E-state index contributed by atoms with van der Waals surface area (Å²) in [7, 11) is 0. The van der Waals surface area contributed by atoms with Crippen LogP contribution >= 0.6 is 0 Å². The van der Waals surface area contributed by atoms with E-state index in [0.29, 0.717) is 37.8 Å². The van der Waals surface area contributed by atoms with Gasteiger partial charge in [0.25, 0.3) is 0 Å². The highest BCUT2D eigenvalue weighted by Gasteiger charge is 2.46. The van der Waals surface area contributed by atoms with E-state index in [4.69, 9.17) is 5.73 Å². The van der Waals surface area contributed by atoms with Crippen molar-refractivity contribution in [2.75, 3.05) is 19.6 Å². The van der Waals surface area contributed by atoms with Gasteiger partial charge in [-0.05, 0) is 31.6 Å². The predicted octanol–water partition coefficient (Wildman–Crippen LogP) is 1.62. The van der Waals surface area contributed by atoms with Crippen LogP contribution in [0.15, 0.2) is 0 Å². The van der Waals surface area contributed by atoms with Crippen molar-refractivity contribution >= 4 is 5.91 Å². The molecule has 2 aliphatic heterocycles. The van der Waals surface area contributed by atoms with Gasteiger partial charge in [-0.15, -0.1) is 10.2 Å². The van der Waals surface area contributed by atoms with Crippen LogP contribution in [0.2, 0.25) is 0 Å². The Balaban J connectivity index is 1.42. The standard InChI is InChI=1S/C18H27F3N6O/c1-12-8-15(28)27(9-12)17(11-22)4-2-13(3-5-17)25-6-7-26-14(10-25)23-24-16(26)18(19,20)21/h12-13H,2-11,22H2,1H3/t12?,13-,17-. The van der Waals surface area contributed by atoms with Crippen LogP contribution in [-0.2, 0) is 24.1 Å². The smallest absolute Gasteiger partial charge is 0.335 e. The summed E-state index contributed by atoms with van der Waals surface area (Å²) in [5, 5.41) is 7.13. The van der Waals surface area contributed by atoms with Crippen LogP contribution in [0.1, 0.15) is 50.7 Å².